The van der Waals surface area contributed by atoms with Crippen LogP contribution >= 0.6 is 0 Å². The normalized spacial score (nSPS) is 11.8. The van der Waals surface area contributed by atoms with Crippen LogP contribution in [-0.4, -0.2) is 4.57 Å². The van der Waals surface area contributed by atoms with Crippen molar-refractivity contribution >= 4 is 93.1 Å². The van der Waals surface area contributed by atoms with Gasteiger partial charge in [0.2, 0.25) is 0 Å². The largest absolute Gasteiger partial charge is 0.454 e. The predicted molar refractivity (Wildman–Crippen MR) is 292 cm³/mol. The summed E-state index contributed by atoms with van der Waals surface area (Å²) in [6.45, 7) is 0. The average Bonchev–Trinajstić information content (AvgIpc) is 3.98. The molecule has 0 N–H and O–H groups in total. The summed E-state index contributed by atoms with van der Waals surface area (Å²) < 4.78 is 9.61. The van der Waals surface area contributed by atoms with Crippen molar-refractivity contribution in [2.75, 3.05) is 4.90 Å². The number of para-hydroxylation sites is 2. The number of hydrogen-bond acceptors (Lipinski definition) is 2. The molecule has 2 aromatic heterocycles. The van der Waals surface area contributed by atoms with Gasteiger partial charge in [-0.15, -0.1) is 0 Å². The molecule has 0 saturated heterocycles. The fraction of sp³-hybridized carbons (Fsp3) is 0. The van der Waals surface area contributed by atoms with Gasteiger partial charge in [-0.3, -0.25) is 0 Å². The summed E-state index contributed by atoms with van der Waals surface area (Å²) in [4.78, 5) is 2.48. The number of fused-ring (bicyclic) bond motifs is 10. The van der Waals surface area contributed by atoms with Crippen LogP contribution in [0.4, 0.5) is 17.1 Å². The van der Waals surface area contributed by atoms with Gasteiger partial charge in [0.25, 0.3) is 0 Å². The lowest BCUT2D eigenvalue weighted by atomic mass is 9.93. The molecule has 0 saturated carbocycles. The second-order valence-corrected chi connectivity index (χ2v) is 17.9. The van der Waals surface area contributed by atoms with Gasteiger partial charge in [-0.05, 0) is 97.2 Å². The molecule has 0 bridgehead atoms. The summed E-state index contributed by atoms with van der Waals surface area (Å²) >= 11 is 0. The summed E-state index contributed by atoms with van der Waals surface area (Å²) in [5, 5.41) is 11.7. The van der Waals surface area contributed by atoms with E-state index < -0.39 is 0 Å². The van der Waals surface area contributed by atoms with E-state index in [4.69, 9.17) is 4.42 Å². The van der Waals surface area contributed by atoms with E-state index in [1.54, 1.807) is 0 Å². The van der Waals surface area contributed by atoms with Crippen molar-refractivity contribution in [3.63, 3.8) is 0 Å². The molecule has 3 nitrogen and oxygen atoms in total. The topological polar surface area (TPSA) is 21.3 Å². The van der Waals surface area contributed by atoms with Crippen molar-refractivity contribution in [3.05, 3.63) is 255 Å². The van der Waals surface area contributed by atoms with E-state index in [1.165, 1.54) is 60.0 Å². The molecular weight excluding hydrogens is 837 g/mol. The van der Waals surface area contributed by atoms with E-state index in [-0.39, 0.29) is 0 Å². The maximum absolute atomic E-state index is 7.14. The average molecular weight is 879 g/mol. The Morgan fingerprint density at radius 1 is 0.304 bits per heavy atom. The third kappa shape index (κ3) is 6.14. The monoisotopic (exact) mass is 878 g/mol. The molecule has 14 aromatic rings. The third-order valence-electron chi connectivity index (χ3n) is 14.2. The Balaban J connectivity index is 1.09. The van der Waals surface area contributed by atoms with E-state index in [0.29, 0.717) is 0 Å². The first-order chi connectivity index (χ1) is 34.3. The number of furan rings is 1. The first-order valence-corrected chi connectivity index (χ1v) is 23.7. The molecule has 0 atom stereocenters. The van der Waals surface area contributed by atoms with Crippen molar-refractivity contribution in [2.24, 2.45) is 0 Å². The number of anilines is 3. The molecule has 2 heterocycles. The number of rotatable bonds is 7. The van der Waals surface area contributed by atoms with Crippen LogP contribution in [-0.2, 0) is 0 Å². The Kier molecular flexibility index (Phi) is 8.90. The first-order valence-electron chi connectivity index (χ1n) is 23.7. The quantitative estimate of drug-likeness (QED) is 0.159. The van der Waals surface area contributed by atoms with Gasteiger partial charge in [0, 0.05) is 32.5 Å². The highest BCUT2D eigenvalue weighted by Gasteiger charge is 2.27. The standard InChI is InChI=1S/C66H42N2O/c1-3-17-43(18-4-1)44-33-35-48(36-34-44)63-50-23-9-7-21-46(50)37-40-60(63)68(61-32-15-28-55-64-51-24-10-8-22-47(51)38-42-62(64)69-66(55)61)59-31-16-30-58-65(59)54-27-13-14-29-56(54)67(58)57-41-39-49(45-19-5-2-6-20-45)52-25-11-12-26-53(52)57/h1-42H. The zero-order valence-electron chi connectivity index (χ0n) is 37.6. The fourth-order valence-electron chi connectivity index (χ4n) is 11.1. The lowest BCUT2D eigenvalue weighted by Crippen LogP contribution is -2.12. The van der Waals surface area contributed by atoms with Gasteiger partial charge in [0.05, 0.1) is 33.8 Å². The minimum Gasteiger partial charge on any atom is -0.454 e. The van der Waals surface area contributed by atoms with E-state index in [2.05, 4.69) is 264 Å². The molecular formula is C66H42N2O. The summed E-state index contributed by atoms with van der Waals surface area (Å²) in [6, 6.07) is 92.5. The zero-order chi connectivity index (χ0) is 45.4. The number of aromatic nitrogens is 1. The van der Waals surface area contributed by atoms with E-state index in [9.17, 15) is 0 Å². The predicted octanol–water partition coefficient (Wildman–Crippen LogP) is 18.6. The molecule has 12 aromatic carbocycles. The van der Waals surface area contributed by atoms with Gasteiger partial charge in [-0.25, -0.2) is 0 Å². The van der Waals surface area contributed by atoms with Crippen LogP contribution in [0.15, 0.2) is 259 Å². The second-order valence-electron chi connectivity index (χ2n) is 17.9. The Labute approximate surface area is 399 Å². The summed E-state index contributed by atoms with van der Waals surface area (Å²) in [7, 11) is 0. The minimum absolute atomic E-state index is 0.839. The lowest BCUT2D eigenvalue weighted by Gasteiger charge is -2.29. The van der Waals surface area contributed by atoms with Gasteiger partial charge >= 0.3 is 0 Å². The SMILES string of the molecule is c1ccc(-c2ccc(-c3c(N(c4cccc5c4oc4ccc6ccccc6c45)c4cccc5c4c4ccccc4n5-c4ccc(-c5ccccc5)c5ccccc45)ccc4ccccc34)cc2)cc1. The van der Waals surface area contributed by atoms with Crippen LogP contribution in [0.1, 0.15) is 0 Å². The molecule has 0 aliphatic heterocycles. The molecule has 0 amide bonds. The molecule has 14 rings (SSSR count). The molecule has 0 aliphatic rings. The summed E-state index contributed by atoms with van der Waals surface area (Å²) in [6.07, 6.45) is 0. The van der Waals surface area contributed by atoms with E-state index >= 15 is 0 Å². The maximum atomic E-state index is 7.14. The van der Waals surface area contributed by atoms with Gasteiger partial charge in [-0.2, -0.15) is 0 Å². The van der Waals surface area contributed by atoms with Crippen molar-refractivity contribution in [3.8, 4) is 39.1 Å². The van der Waals surface area contributed by atoms with Gasteiger partial charge in [-0.1, -0.05) is 212 Å². The van der Waals surface area contributed by atoms with Crippen molar-refractivity contribution in [1.29, 1.82) is 0 Å². The first kappa shape index (κ1) is 39.0. The summed E-state index contributed by atoms with van der Waals surface area (Å²) in [5.74, 6) is 0. The van der Waals surface area contributed by atoms with Crippen LogP contribution in [0.5, 0.6) is 0 Å². The number of nitrogens with zero attached hydrogens (tertiary/aromatic N) is 2. The zero-order valence-corrected chi connectivity index (χ0v) is 37.6. The molecule has 0 spiro atoms. The molecule has 322 valence electrons. The fourth-order valence-corrected chi connectivity index (χ4v) is 11.1. The maximum Gasteiger partial charge on any atom is 0.159 e. The Morgan fingerprint density at radius 2 is 0.870 bits per heavy atom. The number of hydrogen-bond donors (Lipinski definition) is 0. The van der Waals surface area contributed by atoms with Gasteiger partial charge in [0.15, 0.2) is 5.58 Å². The highest BCUT2D eigenvalue weighted by atomic mass is 16.3. The lowest BCUT2D eigenvalue weighted by molar-refractivity contribution is 0.669. The highest BCUT2D eigenvalue weighted by molar-refractivity contribution is 6.23. The Bertz CT molecular complexity index is 4300. The van der Waals surface area contributed by atoms with Crippen molar-refractivity contribution in [2.45, 2.75) is 0 Å². The highest BCUT2D eigenvalue weighted by Crippen LogP contribution is 2.51. The van der Waals surface area contributed by atoms with Crippen molar-refractivity contribution in [1.82, 2.24) is 4.57 Å². The van der Waals surface area contributed by atoms with E-state index in [1.807, 2.05) is 0 Å². The Hall–Kier alpha value is -9.18. The van der Waals surface area contributed by atoms with Crippen molar-refractivity contribution < 1.29 is 4.42 Å². The van der Waals surface area contributed by atoms with Crippen LogP contribution in [0.25, 0.3) is 115 Å². The van der Waals surface area contributed by atoms with Crippen LogP contribution < -0.4 is 4.90 Å². The van der Waals surface area contributed by atoms with Gasteiger partial charge < -0.3 is 13.9 Å². The number of benzene rings is 12. The smallest absolute Gasteiger partial charge is 0.159 e. The second kappa shape index (κ2) is 15.7. The van der Waals surface area contributed by atoms with Crippen LogP contribution in [0.3, 0.4) is 0 Å². The Morgan fingerprint density at radius 3 is 1.67 bits per heavy atom. The van der Waals surface area contributed by atoms with Gasteiger partial charge in [0.1, 0.15) is 5.58 Å². The molecule has 3 heteroatoms. The van der Waals surface area contributed by atoms with Crippen LogP contribution in [0, 0.1) is 0 Å². The third-order valence-corrected chi connectivity index (χ3v) is 14.2. The van der Waals surface area contributed by atoms with Crippen LogP contribution in [0.2, 0.25) is 0 Å². The molecule has 0 unspecified atom stereocenters. The molecule has 0 radical (unpaired) electrons. The van der Waals surface area contributed by atoms with E-state index in [0.717, 1.165) is 72.2 Å². The minimum atomic E-state index is 0.839. The molecule has 69 heavy (non-hydrogen) atoms. The molecule has 0 fully saturated rings. The molecule has 0 aliphatic carbocycles. The summed E-state index contributed by atoms with van der Waals surface area (Å²) in [5.41, 5.74) is 15.3.